The first-order valence-electron chi connectivity index (χ1n) is 12.2. The summed E-state index contributed by atoms with van der Waals surface area (Å²) in [5.41, 5.74) is 5.51. The molecule has 6 heteroatoms. The maximum atomic E-state index is 13.2. The van der Waals surface area contributed by atoms with Gasteiger partial charge in [0.05, 0.1) is 16.6 Å². The molecule has 2 N–H and O–H groups in total. The predicted octanol–water partition coefficient (Wildman–Crippen LogP) is 5.69. The number of carbonyl (C=O) groups is 2. The van der Waals surface area contributed by atoms with Crippen molar-refractivity contribution >= 4 is 17.3 Å². The number of aromatic nitrogens is 2. The van der Waals surface area contributed by atoms with Gasteiger partial charge in [-0.15, -0.1) is 0 Å². The summed E-state index contributed by atoms with van der Waals surface area (Å²) in [6.45, 7) is 3.98. The predicted molar refractivity (Wildman–Crippen MR) is 146 cm³/mol. The second-order valence-corrected chi connectivity index (χ2v) is 9.44. The molecule has 2 aromatic heterocycles. The van der Waals surface area contributed by atoms with Crippen LogP contribution in [0.1, 0.15) is 40.1 Å². The molecule has 37 heavy (non-hydrogen) atoms. The quantitative estimate of drug-likeness (QED) is 0.322. The zero-order valence-electron chi connectivity index (χ0n) is 21.0. The van der Waals surface area contributed by atoms with Crippen molar-refractivity contribution in [1.29, 1.82) is 0 Å². The van der Waals surface area contributed by atoms with Gasteiger partial charge in [-0.2, -0.15) is 5.10 Å². The minimum atomic E-state index is -0.527. The van der Waals surface area contributed by atoms with Crippen molar-refractivity contribution in [3.05, 3.63) is 120 Å². The molecule has 0 fully saturated rings. The monoisotopic (exact) mass is 488 g/mol. The molecule has 0 saturated carbocycles. The van der Waals surface area contributed by atoms with Gasteiger partial charge in [0.15, 0.2) is 0 Å². The Morgan fingerprint density at radius 2 is 1.41 bits per heavy atom. The number of hydrogen-bond acceptors (Lipinski definition) is 3. The molecule has 0 aliphatic rings. The van der Waals surface area contributed by atoms with Gasteiger partial charge in [0.1, 0.15) is 5.69 Å². The first kappa shape index (κ1) is 24.0. The highest BCUT2D eigenvalue weighted by Gasteiger charge is 2.24. The van der Waals surface area contributed by atoms with Gasteiger partial charge >= 0.3 is 0 Å². The maximum Gasteiger partial charge on any atom is 0.255 e. The van der Waals surface area contributed by atoms with E-state index in [9.17, 15) is 9.59 Å². The molecule has 0 spiro atoms. The van der Waals surface area contributed by atoms with Crippen molar-refractivity contribution in [2.75, 3.05) is 7.05 Å². The lowest BCUT2D eigenvalue weighted by Gasteiger charge is -2.27. The number of rotatable bonds is 6. The van der Waals surface area contributed by atoms with Gasteiger partial charge in [-0.3, -0.25) is 9.59 Å². The highest BCUT2D eigenvalue weighted by Crippen LogP contribution is 2.30. The summed E-state index contributed by atoms with van der Waals surface area (Å²) in [5, 5.41) is 10.6. The topological polar surface area (TPSA) is 75.5 Å². The number of pyridine rings is 1. The van der Waals surface area contributed by atoms with Crippen LogP contribution >= 0.6 is 0 Å². The second-order valence-electron chi connectivity index (χ2n) is 9.44. The lowest BCUT2D eigenvalue weighted by molar-refractivity contribution is 0.0910. The lowest BCUT2D eigenvalue weighted by atomic mass is 9.93. The molecule has 3 aromatic carbocycles. The van der Waals surface area contributed by atoms with Crippen LogP contribution < -0.4 is 10.6 Å². The molecule has 184 valence electrons. The Kier molecular flexibility index (Phi) is 6.32. The molecule has 0 unspecified atom stereocenters. The fourth-order valence-corrected chi connectivity index (χ4v) is 4.50. The van der Waals surface area contributed by atoms with E-state index in [2.05, 4.69) is 10.6 Å². The molecule has 2 amide bonds. The van der Waals surface area contributed by atoms with Gasteiger partial charge < -0.3 is 10.6 Å². The van der Waals surface area contributed by atoms with E-state index in [0.29, 0.717) is 22.3 Å². The molecule has 5 aromatic rings. The van der Waals surface area contributed by atoms with Crippen LogP contribution in [0.25, 0.3) is 27.9 Å². The van der Waals surface area contributed by atoms with Crippen LogP contribution in [-0.4, -0.2) is 28.5 Å². The summed E-state index contributed by atoms with van der Waals surface area (Å²) in [4.78, 5) is 26.1. The molecule has 0 bridgehead atoms. The first-order valence-corrected chi connectivity index (χ1v) is 12.2. The summed E-state index contributed by atoms with van der Waals surface area (Å²) in [7, 11) is 1.61. The summed E-state index contributed by atoms with van der Waals surface area (Å²) >= 11 is 0. The number of hydrogen-bond donors (Lipinski definition) is 2. The third kappa shape index (κ3) is 4.74. The van der Waals surface area contributed by atoms with Crippen LogP contribution in [0.4, 0.5) is 0 Å². The average Bonchev–Trinajstić information content (AvgIpc) is 3.32. The molecular formula is C31H28N4O2. The first-order chi connectivity index (χ1) is 17.9. The number of carbonyl (C=O) groups excluding carboxylic acids is 2. The van der Waals surface area contributed by atoms with Gasteiger partial charge in [0, 0.05) is 24.4 Å². The Hall–Kier alpha value is -4.71. The minimum Gasteiger partial charge on any atom is -0.355 e. The largest absolute Gasteiger partial charge is 0.355 e. The molecule has 0 aliphatic carbocycles. The van der Waals surface area contributed by atoms with Gasteiger partial charge in [0.2, 0.25) is 0 Å². The van der Waals surface area contributed by atoms with E-state index < -0.39 is 5.54 Å². The summed E-state index contributed by atoms with van der Waals surface area (Å²) in [6.07, 6.45) is 1.84. The van der Waals surface area contributed by atoms with Crippen LogP contribution in [-0.2, 0) is 5.54 Å². The van der Waals surface area contributed by atoms with Crippen LogP contribution in [0.5, 0.6) is 0 Å². The zero-order chi connectivity index (χ0) is 26.0. The van der Waals surface area contributed by atoms with E-state index in [1.54, 1.807) is 17.6 Å². The third-order valence-electron chi connectivity index (χ3n) is 6.52. The smallest absolute Gasteiger partial charge is 0.255 e. The number of amides is 2. The SMILES string of the molecule is CNC(=O)c1c(-c2ccccc2)nn2ccc(-c3cccc(C(=O)NC(C)(C)c4ccccc4)c3)cc12. The van der Waals surface area contributed by atoms with Crippen molar-refractivity contribution < 1.29 is 9.59 Å². The van der Waals surface area contributed by atoms with E-state index in [0.717, 1.165) is 22.3 Å². The van der Waals surface area contributed by atoms with Crippen molar-refractivity contribution in [3.8, 4) is 22.4 Å². The molecular weight excluding hydrogens is 460 g/mol. The van der Waals surface area contributed by atoms with E-state index in [-0.39, 0.29) is 11.8 Å². The summed E-state index contributed by atoms with van der Waals surface area (Å²) in [5.74, 6) is -0.360. The molecule has 0 atom stereocenters. The summed E-state index contributed by atoms with van der Waals surface area (Å²) in [6, 6.07) is 30.9. The highest BCUT2D eigenvalue weighted by atomic mass is 16.2. The van der Waals surface area contributed by atoms with Crippen LogP contribution in [0.15, 0.2) is 103 Å². The molecule has 2 heterocycles. The lowest BCUT2D eigenvalue weighted by Crippen LogP contribution is -2.40. The van der Waals surface area contributed by atoms with Crippen molar-refractivity contribution in [2.24, 2.45) is 0 Å². The molecule has 0 aliphatic heterocycles. The van der Waals surface area contributed by atoms with Gasteiger partial charge in [-0.05, 0) is 54.8 Å². The van der Waals surface area contributed by atoms with E-state index in [1.807, 2.05) is 111 Å². The van der Waals surface area contributed by atoms with E-state index in [1.165, 1.54) is 0 Å². The Bertz CT molecular complexity index is 1590. The molecule has 0 saturated heterocycles. The Balaban J connectivity index is 1.51. The average molecular weight is 489 g/mol. The fourth-order valence-electron chi connectivity index (χ4n) is 4.50. The van der Waals surface area contributed by atoms with Crippen LogP contribution in [0.3, 0.4) is 0 Å². The molecule has 6 nitrogen and oxygen atoms in total. The number of fused-ring (bicyclic) bond motifs is 1. The Morgan fingerprint density at radius 1 is 0.757 bits per heavy atom. The standard InChI is InChI=1S/C31H28N4O2/c1-31(2,25-15-8-5-9-16-25)33-29(36)24-14-10-13-22(19-24)23-17-18-35-26(20-23)27(30(37)32-3)28(34-35)21-11-6-4-7-12-21/h4-20H,1-3H3,(H,32,37)(H,33,36). The Labute approximate surface area is 216 Å². The zero-order valence-corrected chi connectivity index (χ0v) is 21.0. The van der Waals surface area contributed by atoms with Crippen molar-refractivity contribution in [1.82, 2.24) is 20.2 Å². The van der Waals surface area contributed by atoms with E-state index in [4.69, 9.17) is 5.10 Å². The highest BCUT2D eigenvalue weighted by molar-refractivity contribution is 6.06. The van der Waals surface area contributed by atoms with E-state index >= 15 is 0 Å². The van der Waals surface area contributed by atoms with Crippen molar-refractivity contribution in [2.45, 2.75) is 19.4 Å². The number of nitrogens with one attached hydrogen (secondary N) is 2. The van der Waals surface area contributed by atoms with Gasteiger partial charge in [0.25, 0.3) is 11.8 Å². The summed E-state index contributed by atoms with van der Waals surface area (Å²) < 4.78 is 1.72. The second kappa shape index (κ2) is 9.74. The molecule has 5 rings (SSSR count). The number of benzene rings is 3. The van der Waals surface area contributed by atoms with Crippen LogP contribution in [0.2, 0.25) is 0 Å². The third-order valence-corrected chi connectivity index (χ3v) is 6.52. The fraction of sp³-hybridized carbons (Fsp3) is 0.129. The minimum absolute atomic E-state index is 0.154. The maximum absolute atomic E-state index is 13.2. The molecule has 0 radical (unpaired) electrons. The van der Waals surface area contributed by atoms with Crippen LogP contribution in [0, 0.1) is 0 Å². The van der Waals surface area contributed by atoms with Crippen molar-refractivity contribution in [3.63, 3.8) is 0 Å². The normalized spacial score (nSPS) is 11.3. The van der Waals surface area contributed by atoms with Gasteiger partial charge in [-0.25, -0.2) is 4.52 Å². The number of nitrogens with zero attached hydrogens (tertiary/aromatic N) is 2. The van der Waals surface area contributed by atoms with Gasteiger partial charge in [-0.1, -0.05) is 72.8 Å². The Morgan fingerprint density at radius 3 is 2.11 bits per heavy atom.